The van der Waals surface area contributed by atoms with Crippen LogP contribution in [0.3, 0.4) is 0 Å². The fraction of sp³-hybridized carbons (Fsp3) is 0.353. The molecule has 0 fully saturated rings. The number of allylic oxidation sites excluding steroid dienone is 1. The fourth-order valence-electron chi connectivity index (χ4n) is 2.20. The first kappa shape index (κ1) is 14.2. The summed E-state index contributed by atoms with van der Waals surface area (Å²) >= 11 is 0. The van der Waals surface area contributed by atoms with Crippen molar-refractivity contribution in [3.05, 3.63) is 35.9 Å². The van der Waals surface area contributed by atoms with Gasteiger partial charge in [-0.3, -0.25) is 4.79 Å². The molecule has 1 aromatic carbocycles. The van der Waals surface area contributed by atoms with Gasteiger partial charge in [-0.1, -0.05) is 18.9 Å². The molecule has 0 saturated carbocycles. The first-order valence-corrected chi connectivity index (χ1v) is 6.74. The molecule has 0 aromatic heterocycles. The molecule has 1 amide bonds. The lowest BCUT2D eigenvalue weighted by Crippen LogP contribution is -2.33. The van der Waals surface area contributed by atoms with E-state index in [2.05, 4.69) is 17.9 Å². The highest BCUT2D eigenvalue weighted by molar-refractivity contribution is 5.90. The van der Waals surface area contributed by atoms with E-state index in [9.17, 15) is 4.79 Å². The molecule has 1 aromatic rings. The lowest BCUT2D eigenvalue weighted by molar-refractivity contribution is -0.131. The zero-order chi connectivity index (χ0) is 14.5. The van der Waals surface area contributed by atoms with Crippen molar-refractivity contribution in [2.75, 3.05) is 13.7 Å². The molecular weight excluding hydrogens is 250 g/mol. The summed E-state index contributed by atoms with van der Waals surface area (Å²) in [7, 11) is 1.82. The van der Waals surface area contributed by atoms with Gasteiger partial charge in [0, 0.05) is 18.7 Å². The molecule has 1 unspecified atom stereocenters. The number of amides is 1. The zero-order valence-corrected chi connectivity index (χ0v) is 12.1. The second-order valence-corrected chi connectivity index (χ2v) is 4.86. The molecule has 20 heavy (non-hydrogen) atoms. The number of rotatable bonds is 3. The summed E-state index contributed by atoms with van der Waals surface area (Å²) in [6.07, 6.45) is 2.91. The summed E-state index contributed by atoms with van der Waals surface area (Å²) in [5.41, 5.74) is 2.00. The molecule has 0 aliphatic carbocycles. The molecule has 3 nitrogen and oxygen atoms in total. The number of hydrogen-bond acceptors (Lipinski definition) is 2. The highest BCUT2D eigenvalue weighted by Gasteiger charge is 2.24. The largest absolute Gasteiger partial charge is 0.481 e. The van der Waals surface area contributed by atoms with Crippen molar-refractivity contribution in [3.63, 3.8) is 0 Å². The van der Waals surface area contributed by atoms with E-state index in [4.69, 9.17) is 4.74 Å². The molecule has 2 rings (SSSR count). The third-order valence-electron chi connectivity index (χ3n) is 3.42. The third kappa shape index (κ3) is 3.03. The fourth-order valence-corrected chi connectivity index (χ4v) is 2.20. The van der Waals surface area contributed by atoms with E-state index >= 15 is 0 Å². The Kier molecular flexibility index (Phi) is 4.47. The molecule has 1 heterocycles. The molecule has 1 atom stereocenters. The second kappa shape index (κ2) is 6.29. The number of hydrogen-bond donors (Lipinski definition) is 0. The Hall–Kier alpha value is -2.21. The average Bonchev–Trinajstić information content (AvgIpc) is 2.46. The molecule has 104 valence electrons. The van der Waals surface area contributed by atoms with Gasteiger partial charge in [-0.15, -0.1) is 5.92 Å². The molecule has 0 spiro atoms. The van der Waals surface area contributed by atoms with Crippen molar-refractivity contribution < 1.29 is 9.53 Å². The van der Waals surface area contributed by atoms with Crippen LogP contribution in [0.2, 0.25) is 0 Å². The average molecular weight is 269 g/mol. The van der Waals surface area contributed by atoms with E-state index in [0.717, 1.165) is 23.4 Å². The van der Waals surface area contributed by atoms with E-state index in [1.807, 2.05) is 38.2 Å². The molecule has 1 aliphatic heterocycles. The van der Waals surface area contributed by atoms with Crippen molar-refractivity contribution in [1.29, 1.82) is 0 Å². The maximum Gasteiger partial charge on any atom is 0.229 e. The van der Waals surface area contributed by atoms with Gasteiger partial charge in [-0.05, 0) is 43.2 Å². The first-order valence-electron chi connectivity index (χ1n) is 6.74. The Balaban J connectivity index is 2.13. The van der Waals surface area contributed by atoms with Crippen molar-refractivity contribution >= 4 is 11.6 Å². The predicted octanol–water partition coefficient (Wildman–Crippen LogP) is 2.93. The highest BCUT2D eigenvalue weighted by Crippen LogP contribution is 2.28. The van der Waals surface area contributed by atoms with Gasteiger partial charge in [0.1, 0.15) is 12.4 Å². The Labute approximate surface area is 120 Å². The maximum atomic E-state index is 12.0. The first-order chi connectivity index (χ1) is 9.63. The lowest BCUT2D eigenvalue weighted by Gasteiger charge is -2.28. The number of carbonyl (C=O) groups is 1. The van der Waals surface area contributed by atoms with Gasteiger partial charge in [0.25, 0.3) is 0 Å². The van der Waals surface area contributed by atoms with E-state index in [-0.39, 0.29) is 11.8 Å². The standard InChI is InChI=1S/C17H19NO2/c1-4-5-12-20-15-9-7-14(8-10-15)16-11-6-13(2)17(19)18(16)3/h7-11,13H,6,12H2,1-3H3. The van der Waals surface area contributed by atoms with Crippen molar-refractivity contribution in [2.45, 2.75) is 20.3 Å². The van der Waals surface area contributed by atoms with Crippen LogP contribution < -0.4 is 4.74 Å². The van der Waals surface area contributed by atoms with Crippen LogP contribution in [0, 0.1) is 17.8 Å². The zero-order valence-electron chi connectivity index (χ0n) is 12.1. The van der Waals surface area contributed by atoms with Gasteiger partial charge < -0.3 is 9.64 Å². The summed E-state index contributed by atoms with van der Waals surface area (Å²) in [6, 6.07) is 7.76. The summed E-state index contributed by atoms with van der Waals surface area (Å²) in [4.78, 5) is 13.7. The minimum atomic E-state index is 0.0685. The Bertz CT molecular complexity index is 575. The van der Waals surface area contributed by atoms with Gasteiger partial charge in [-0.25, -0.2) is 0 Å². The molecule has 0 radical (unpaired) electrons. The molecular formula is C17H19NO2. The van der Waals surface area contributed by atoms with E-state index in [0.29, 0.717) is 6.61 Å². The van der Waals surface area contributed by atoms with E-state index in [1.54, 1.807) is 11.8 Å². The third-order valence-corrected chi connectivity index (χ3v) is 3.42. The van der Waals surface area contributed by atoms with Gasteiger partial charge >= 0.3 is 0 Å². The number of carbonyl (C=O) groups excluding carboxylic acids is 1. The van der Waals surface area contributed by atoms with Crippen LogP contribution in [0.25, 0.3) is 5.70 Å². The normalized spacial score (nSPS) is 18.1. The van der Waals surface area contributed by atoms with Crippen LogP contribution in [-0.4, -0.2) is 24.5 Å². The number of nitrogens with zero attached hydrogens (tertiary/aromatic N) is 1. The molecule has 1 aliphatic rings. The van der Waals surface area contributed by atoms with Crippen molar-refractivity contribution in [3.8, 4) is 17.6 Å². The van der Waals surface area contributed by atoms with Crippen LogP contribution in [0.1, 0.15) is 25.8 Å². The summed E-state index contributed by atoms with van der Waals surface area (Å²) < 4.78 is 5.48. The Morgan fingerprint density at radius 3 is 2.70 bits per heavy atom. The topological polar surface area (TPSA) is 29.5 Å². The van der Waals surface area contributed by atoms with E-state index in [1.165, 1.54) is 0 Å². The van der Waals surface area contributed by atoms with Gasteiger partial charge in [0.15, 0.2) is 0 Å². The van der Waals surface area contributed by atoms with Gasteiger partial charge in [0.05, 0.1) is 0 Å². The van der Waals surface area contributed by atoms with E-state index < -0.39 is 0 Å². The predicted molar refractivity (Wildman–Crippen MR) is 79.9 cm³/mol. The molecule has 3 heteroatoms. The second-order valence-electron chi connectivity index (χ2n) is 4.86. The van der Waals surface area contributed by atoms with Crippen molar-refractivity contribution in [2.24, 2.45) is 5.92 Å². The molecule has 0 N–H and O–H groups in total. The molecule has 0 saturated heterocycles. The van der Waals surface area contributed by atoms with Crippen LogP contribution >= 0.6 is 0 Å². The number of benzene rings is 1. The summed E-state index contributed by atoms with van der Waals surface area (Å²) in [6.45, 7) is 4.14. The maximum absolute atomic E-state index is 12.0. The number of ether oxygens (including phenoxy) is 1. The monoisotopic (exact) mass is 269 g/mol. The summed E-state index contributed by atoms with van der Waals surface area (Å²) in [5.74, 6) is 6.67. The quantitative estimate of drug-likeness (QED) is 0.790. The van der Waals surface area contributed by atoms with Crippen LogP contribution in [0.15, 0.2) is 30.3 Å². The Morgan fingerprint density at radius 1 is 1.35 bits per heavy atom. The minimum absolute atomic E-state index is 0.0685. The highest BCUT2D eigenvalue weighted by atomic mass is 16.5. The lowest BCUT2D eigenvalue weighted by atomic mass is 9.98. The Morgan fingerprint density at radius 2 is 2.05 bits per heavy atom. The van der Waals surface area contributed by atoms with Crippen LogP contribution in [0.4, 0.5) is 0 Å². The van der Waals surface area contributed by atoms with Crippen LogP contribution in [0.5, 0.6) is 5.75 Å². The van der Waals surface area contributed by atoms with Gasteiger partial charge in [0.2, 0.25) is 5.91 Å². The van der Waals surface area contributed by atoms with Crippen LogP contribution in [-0.2, 0) is 4.79 Å². The minimum Gasteiger partial charge on any atom is -0.481 e. The molecule has 0 bridgehead atoms. The SMILES string of the molecule is CC#CCOc1ccc(C2=CCC(C)C(=O)N2C)cc1. The summed E-state index contributed by atoms with van der Waals surface area (Å²) in [5, 5.41) is 0. The van der Waals surface area contributed by atoms with Crippen molar-refractivity contribution in [1.82, 2.24) is 4.90 Å². The smallest absolute Gasteiger partial charge is 0.229 e. The van der Waals surface area contributed by atoms with Gasteiger partial charge in [-0.2, -0.15) is 0 Å².